The van der Waals surface area contributed by atoms with Gasteiger partial charge in [-0.3, -0.25) is 9.59 Å². The number of aromatic nitrogens is 2. The van der Waals surface area contributed by atoms with Crippen molar-refractivity contribution < 1.29 is 9.59 Å². The maximum atomic E-state index is 13.3. The van der Waals surface area contributed by atoms with E-state index < -0.39 is 0 Å². The number of hydrogen-bond donors (Lipinski definition) is 1. The first kappa shape index (κ1) is 20.7. The highest BCUT2D eigenvalue weighted by atomic mass is 32.1. The first-order valence-corrected chi connectivity index (χ1v) is 11.7. The van der Waals surface area contributed by atoms with Gasteiger partial charge in [-0.05, 0) is 36.9 Å². The predicted octanol–water partition coefficient (Wildman–Crippen LogP) is 5.15. The summed E-state index contributed by atoms with van der Waals surface area (Å²) in [4.78, 5) is 29.0. The zero-order valence-electron chi connectivity index (χ0n) is 17.2. The van der Waals surface area contributed by atoms with Gasteiger partial charge in [0.15, 0.2) is 0 Å². The largest absolute Gasteiger partial charge is 0.303 e. The normalized spacial score (nSPS) is 19.3. The molecular formula is C22H24N4O2S2. The SMILES string of the molecule is Cc1ccc(N2C(=O)CC[C@H](C(=O)Nc3nnc(C(C)C)s3)[C@@H]2c2cccs2)cc1. The molecule has 0 saturated carbocycles. The summed E-state index contributed by atoms with van der Waals surface area (Å²) >= 11 is 2.97. The second-order valence-corrected chi connectivity index (χ2v) is 9.78. The molecule has 3 aromatic rings. The van der Waals surface area contributed by atoms with Crippen molar-refractivity contribution in [1.29, 1.82) is 0 Å². The molecule has 3 heterocycles. The molecule has 1 saturated heterocycles. The third-order valence-corrected chi connectivity index (χ3v) is 7.33. The molecule has 1 aromatic carbocycles. The third-order valence-electron chi connectivity index (χ3n) is 5.25. The summed E-state index contributed by atoms with van der Waals surface area (Å²) in [6, 6.07) is 11.5. The number of piperidine rings is 1. The highest BCUT2D eigenvalue weighted by Crippen LogP contribution is 2.42. The molecule has 1 aliphatic rings. The van der Waals surface area contributed by atoms with Crippen molar-refractivity contribution in [1.82, 2.24) is 10.2 Å². The van der Waals surface area contributed by atoms with Crippen LogP contribution in [0.15, 0.2) is 41.8 Å². The van der Waals surface area contributed by atoms with Gasteiger partial charge >= 0.3 is 0 Å². The van der Waals surface area contributed by atoms with Crippen molar-refractivity contribution in [2.24, 2.45) is 5.92 Å². The van der Waals surface area contributed by atoms with Crippen LogP contribution in [0.5, 0.6) is 0 Å². The Morgan fingerprint density at radius 2 is 1.97 bits per heavy atom. The highest BCUT2D eigenvalue weighted by molar-refractivity contribution is 7.15. The van der Waals surface area contributed by atoms with E-state index in [1.54, 1.807) is 16.2 Å². The van der Waals surface area contributed by atoms with Crippen LogP contribution < -0.4 is 10.2 Å². The van der Waals surface area contributed by atoms with Gasteiger partial charge in [0, 0.05) is 22.9 Å². The number of nitrogens with zero attached hydrogens (tertiary/aromatic N) is 3. The van der Waals surface area contributed by atoms with Gasteiger partial charge in [-0.25, -0.2) is 0 Å². The predicted molar refractivity (Wildman–Crippen MR) is 121 cm³/mol. The molecule has 8 heteroatoms. The molecule has 6 nitrogen and oxygen atoms in total. The van der Waals surface area contributed by atoms with E-state index in [4.69, 9.17) is 0 Å². The summed E-state index contributed by atoms with van der Waals surface area (Å²) in [5.74, 6) is -0.186. The number of aryl methyl sites for hydroxylation is 1. The standard InChI is InChI=1S/C22H24N4O2S2/c1-13(2)21-24-25-22(30-21)23-20(28)16-10-11-18(27)26(15-8-6-14(3)7-9-15)19(16)17-5-4-12-29-17/h4-9,12-13,16,19H,10-11H2,1-3H3,(H,23,25,28)/t16-,19+/m0/s1. The number of carbonyl (C=O) groups excluding carboxylic acids is 2. The molecule has 30 heavy (non-hydrogen) atoms. The number of nitrogens with one attached hydrogen (secondary N) is 1. The zero-order valence-corrected chi connectivity index (χ0v) is 18.8. The fourth-order valence-electron chi connectivity index (χ4n) is 3.68. The first-order valence-electron chi connectivity index (χ1n) is 10.0. The molecule has 0 radical (unpaired) electrons. The Hall–Kier alpha value is -2.58. The Kier molecular flexibility index (Phi) is 5.97. The van der Waals surface area contributed by atoms with Gasteiger partial charge in [-0.1, -0.05) is 48.9 Å². The summed E-state index contributed by atoms with van der Waals surface area (Å²) in [6.45, 7) is 6.11. The molecule has 0 aliphatic carbocycles. The molecule has 2 amide bonds. The number of carbonyl (C=O) groups is 2. The minimum absolute atomic E-state index is 0.0410. The van der Waals surface area contributed by atoms with Crippen molar-refractivity contribution in [2.75, 3.05) is 10.2 Å². The number of benzene rings is 1. The lowest BCUT2D eigenvalue weighted by molar-refractivity contribution is -0.125. The van der Waals surface area contributed by atoms with Gasteiger partial charge < -0.3 is 10.2 Å². The van der Waals surface area contributed by atoms with Crippen molar-refractivity contribution in [3.8, 4) is 0 Å². The van der Waals surface area contributed by atoms with Crippen LogP contribution in [0.4, 0.5) is 10.8 Å². The third kappa shape index (κ3) is 4.15. The Labute approximate surface area is 184 Å². The second-order valence-electron chi connectivity index (χ2n) is 7.79. The van der Waals surface area contributed by atoms with E-state index in [2.05, 4.69) is 15.5 Å². The summed E-state index contributed by atoms with van der Waals surface area (Å²) in [5, 5.41) is 14.6. The molecule has 0 unspecified atom stereocenters. The maximum Gasteiger partial charge on any atom is 0.231 e. The molecule has 1 aliphatic heterocycles. The fourth-order valence-corrected chi connectivity index (χ4v) is 5.31. The van der Waals surface area contributed by atoms with Crippen molar-refractivity contribution in [3.63, 3.8) is 0 Å². The van der Waals surface area contributed by atoms with E-state index in [0.29, 0.717) is 18.0 Å². The van der Waals surface area contributed by atoms with E-state index in [9.17, 15) is 9.59 Å². The van der Waals surface area contributed by atoms with Gasteiger partial charge in [0.25, 0.3) is 0 Å². The van der Waals surface area contributed by atoms with Crippen LogP contribution in [0.1, 0.15) is 54.1 Å². The Bertz CT molecular complexity index is 1030. The van der Waals surface area contributed by atoms with Crippen LogP contribution >= 0.6 is 22.7 Å². The monoisotopic (exact) mass is 440 g/mol. The lowest BCUT2D eigenvalue weighted by Crippen LogP contribution is -2.46. The minimum Gasteiger partial charge on any atom is -0.303 e. The topological polar surface area (TPSA) is 75.2 Å². The van der Waals surface area contributed by atoms with Crippen molar-refractivity contribution >= 4 is 45.3 Å². The number of amides is 2. The molecule has 2 aromatic heterocycles. The van der Waals surface area contributed by atoms with Crippen LogP contribution in [-0.2, 0) is 9.59 Å². The Morgan fingerprint density at radius 1 is 1.20 bits per heavy atom. The molecular weight excluding hydrogens is 416 g/mol. The van der Waals surface area contributed by atoms with E-state index >= 15 is 0 Å². The minimum atomic E-state index is -0.367. The summed E-state index contributed by atoms with van der Waals surface area (Å²) < 4.78 is 0. The molecule has 1 fully saturated rings. The Balaban J connectivity index is 1.66. The van der Waals surface area contributed by atoms with Crippen molar-refractivity contribution in [2.45, 2.75) is 45.6 Å². The van der Waals surface area contributed by atoms with Crippen LogP contribution in [0, 0.1) is 12.8 Å². The van der Waals surface area contributed by atoms with Gasteiger partial charge in [-0.2, -0.15) is 0 Å². The smallest absolute Gasteiger partial charge is 0.231 e. The van der Waals surface area contributed by atoms with Gasteiger partial charge in [-0.15, -0.1) is 21.5 Å². The Morgan fingerprint density at radius 3 is 2.60 bits per heavy atom. The van der Waals surface area contributed by atoms with Crippen LogP contribution in [0.3, 0.4) is 0 Å². The molecule has 0 spiro atoms. The fraction of sp³-hybridized carbons (Fsp3) is 0.364. The van der Waals surface area contributed by atoms with Crippen LogP contribution in [-0.4, -0.2) is 22.0 Å². The average molecular weight is 441 g/mol. The molecule has 0 bridgehead atoms. The maximum absolute atomic E-state index is 13.3. The van der Waals surface area contributed by atoms with E-state index in [1.165, 1.54) is 11.3 Å². The van der Waals surface area contributed by atoms with E-state index in [-0.39, 0.29) is 29.7 Å². The number of rotatable bonds is 5. The van der Waals surface area contributed by atoms with E-state index in [1.807, 2.05) is 62.5 Å². The highest BCUT2D eigenvalue weighted by Gasteiger charge is 2.42. The average Bonchev–Trinajstić information content (AvgIpc) is 3.40. The second kappa shape index (κ2) is 8.65. The summed E-state index contributed by atoms with van der Waals surface area (Å²) in [6.07, 6.45) is 0.840. The number of hydrogen-bond acceptors (Lipinski definition) is 6. The molecule has 2 atom stereocenters. The van der Waals surface area contributed by atoms with Crippen molar-refractivity contribution in [3.05, 3.63) is 57.2 Å². The van der Waals surface area contributed by atoms with Gasteiger partial charge in [0.1, 0.15) is 5.01 Å². The lowest BCUT2D eigenvalue weighted by atomic mass is 9.86. The lowest BCUT2D eigenvalue weighted by Gasteiger charge is -2.40. The zero-order chi connectivity index (χ0) is 21.3. The molecule has 4 rings (SSSR count). The first-order chi connectivity index (χ1) is 14.4. The number of thiophene rings is 1. The summed E-state index contributed by atoms with van der Waals surface area (Å²) in [7, 11) is 0. The van der Waals surface area contributed by atoms with Crippen LogP contribution in [0.2, 0.25) is 0 Å². The van der Waals surface area contributed by atoms with Crippen LogP contribution in [0.25, 0.3) is 0 Å². The molecule has 156 valence electrons. The van der Waals surface area contributed by atoms with Gasteiger partial charge in [0.2, 0.25) is 16.9 Å². The van der Waals surface area contributed by atoms with Gasteiger partial charge in [0.05, 0.1) is 12.0 Å². The quantitative estimate of drug-likeness (QED) is 0.595. The van der Waals surface area contributed by atoms with E-state index in [0.717, 1.165) is 21.1 Å². The molecule has 1 N–H and O–H groups in total. The number of anilines is 2. The summed E-state index contributed by atoms with van der Waals surface area (Å²) in [5.41, 5.74) is 1.95.